The molecule has 0 fully saturated rings. The summed E-state index contributed by atoms with van der Waals surface area (Å²) in [6, 6.07) is 18.0. The molecule has 0 saturated heterocycles. The lowest BCUT2D eigenvalue weighted by molar-refractivity contribution is -0.689. The predicted molar refractivity (Wildman–Crippen MR) is 136 cm³/mol. The predicted octanol–water partition coefficient (Wildman–Crippen LogP) is -2.07. The van der Waals surface area contributed by atoms with Crippen LogP contribution in [0.25, 0.3) is 0 Å². The zero-order valence-electron chi connectivity index (χ0n) is 20.9. The third-order valence-corrected chi connectivity index (χ3v) is 6.60. The van der Waals surface area contributed by atoms with Crippen LogP contribution in [-0.2, 0) is 31.8 Å². The summed E-state index contributed by atoms with van der Waals surface area (Å²) >= 11 is 11.9. The highest BCUT2D eigenvalue weighted by molar-refractivity contribution is 6.30. The van der Waals surface area contributed by atoms with E-state index in [0.29, 0.717) is 23.1 Å². The standard InChI is InChI=1S/C27H24Cl2F2N6O.2ClH/c28-22-5-1-20(2-6-22)12-34-16-32-36(18-34)14-27(38,25-10-9-24(30)11-26(25)31)15-37-19-35(17-33-37)13-21-3-7-23(29)8-4-21;;/h1-11,16-19,38H,12-15H2;2*1H/q+2;;/p-2. The molecule has 40 heavy (non-hydrogen) atoms. The molecule has 0 atom stereocenters. The first-order chi connectivity index (χ1) is 18.3. The van der Waals surface area contributed by atoms with Crippen LogP contribution < -0.4 is 33.9 Å². The van der Waals surface area contributed by atoms with Crippen LogP contribution in [0, 0.1) is 11.6 Å². The van der Waals surface area contributed by atoms with Gasteiger partial charge in [0, 0.05) is 31.9 Å². The van der Waals surface area contributed by atoms with Crippen molar-refractivity contribution in [3.8, 4) is 0 Å². The molecule has 210 valence electrons. The van der Waals surface area contributed by atoms with E-state index in [1.54, 1.807) is 49.6 Å². The Hall–Kier alpha value is -3.08. The van der Waals surface area contributed by atoms with E-state index in [9.17, 15) is 13.9 Å². The molecule has 0 spiro atoms. The molecule has 0 aliphatic heterocycles. The molecule has 0 bridgehead atoms. The number of hydrogen-bond acceptors (Lipinski definition) is 3. The average Bonchev–Trinajstić information content (AvgIpc) is 3.50. The number of hydrogen-bond donors (Lipinski definition) is 1. The minimum Gasteiger partial charge on any atom is -1.00 e. The van der Waals surface area contributed by atoms with E-state index in [2.05, 4.69) is 10.2 Å². The van der Waals surface area contributed by atoms with E-state index in [4.69, 9.17) is 23.2 Å². The Balaban J connectivity index is 0.00000220. The third kappa shape index (κ3) is 7.77. The maximum absolute atomic E-state index is 14.9. The highest BCUT2D eigenvalue weighted by Crippen LogP contribution is 2.28. The topological polar surface area (TPSA) is 63.6 Å². The Kier molecular flexibility index (Phi) is 10.6. The van der Waals surface area contributed by atoms with Crippen LogP contribution in [0.15, 0.2) is 92.0 Å². The van der Waals surface area contributed by atoms with Gasteiger partial charge in [-0.15, -0.1) is 9.36 Å². The lowest BCUT2D eigenvalue weighted by Gasteiger charge is -2.24. The van der Waals surface area contributed by atoms with Crippen LogP contribution in [0.1, 0.15) is 16.7 Å². The summed E-state index contributed by atoms with van der Waals surface area (Å²) < 4.78 is 35.3. The van der Waals surface area contributed by atoms with E-state index in [1.165, 1.54) is 15.4 Å². The first kappa shape index (κ1) is 31.4. The van der Waals surface area contributed by atoms with Crippen molar-refractivity contribution in [1.82, 2.24) is 19.6 Å². The summed E-state index contributed by atoms with van der Waals surface area (Å²) in [6.45, 7) is 0.870. The molecule has 5 aromatic rings. The number of rotatable bonds is 9. The average molecular weight is 628 g/mol. The molecule has 13 heteroatoms. The van der Waals surface area contributed by atoms with Crippen molar-refractivity contribution in [3.63, 3.8) is 0 Å². The number of aromatic nitrogens is 6. The molecule has 2 heterocycles. The molecule has 2 aromatic heterocycles. The molecule has 0 aliphatic rings. The number of aliphatic hydroxyl groups is 1. The van der Waals surface area contributed by atoms with Gasteiger partial charge in [-0.25, -0.2) is 17.9 Å². The van der Waals surface area contributed by atoms with Gasteiger partial charge < -0.3 is 29.9 Å². The van der Waals surface area contributed by atoms with Gasteiger partial charge in [-0.1, -0.05) is 53.5 Å². The first-order valence-electron chi connectivity index (χ1n) is 11.8. The van der Waals surface area contributed by atoms with Crippen molar-refractivity contribution in [2.24, 2.45) is 0 Å². The molecule has 0 amide bonds. The van der Waals surface area contributed by atoms with Gasteiger partial charge in [-0.05, 0) is 41.5 Å². The van der Waals surface area contributed by atoms with Crippen molar-refractivity contribution >= 4 is 23.2 Å². The second-order valence-corrected chi connectivity index (χ2v) is 10.0. The maximum atomic E-state index is 14.9. The Bertz CT molecular complexity index is 1460. The number of halogens is 6. The van der Waals surface area contributed by atoms with Crippen molar-refractivity contribution in [1.29, 1.82) is 0 Å². The third-order valence-electron chi connectivity index (χ3n) is 6.10. The summed E-state index contributed by atoms with van der Waals surface area (Å²) in [7, 11) is 0. The van der Waals surface area contributed by atoms with Gasteiger partial charge in [0.2, 0.25) is 12.7 Å². The normalized spacial score (nSPS) is 11.1. The van der Waals surface area contributed by atoms with E-state index in [0.717, 1.165) is 23.3 Å². The maximum Gasteiger partial charge on any atom is 0.265 e. The molecule has 5 rings (SSSR count). The second kappa shape index (κ2) is 13.5. The van der Waals surface area contributed by atoms with Crippen molar-refractivity contribution in [2.75, 3.05) is 0 Å². The van der Waals surface area contributed by atoms with Crippen molar-refractivity contribution < 1.29 is 47.8 Å². The quantitative estimate of drug-likeness (QED) is 0.191. The Labute approximate surface area is 252 Å². The van der Waals surface area contributed by atoms with Gasteiger partial charge >= 0.3 is 0 Å². The zero-order valence-corrected chi connectivity index (χ0v) is 23.9. The van der Waals surface area contributed by atoms with Crippen LogP contribution in [0.3, 0.4) is 0 Å². The smallest absolute Gasteiger partial charge is 0.265 e. The largest absolute Gasteiger partial charge is 1.00 e. The van der Waals surface area contributed by atoms with E-state index >= 15 is 0 Å². The first-order valence-corrected chi connectivity index (χ1v) is 12.5. The van der Waals surface area contributed by atoms with Crippen molar-refractivity contribution in [3.05, 3.63) is 130 Å². The van der Waals surface area contributed by atoms with Crippen molar-refractivity contribution in [2.45, 2.75) is 31.8 Å². The molecule has 0 saturated carbocycles. The Morgan fingerprint density at radius 1 is 0.725 bits per heavy atom. The van der Waals surface area contributed by atoms with Gasteiger partial charge in [-0.2, -0.15) is 0 Å². The van der Waals surface area contributed by atoms with Gasteiger partial charge in [0.25, 0.3) is 12.7 Å². The van der Waals surface area contributed by atoms with Crippen LogP contribution in [0.4, 0.5) is 8.78 Å². The fraction of sp³-hybridized carbons (Fsp3) is 0.185. The van der Waals surface area contributed by atoms with E-state index in [1.807, 2.05) is 33.4 Å². The molecule has 7 nitrogen and oxygen atoms in total. The molecular formula is C27H24Cl4F2N6O. The summed E-state index contributed by atoms with van der Waals surface area (Å²) in [6.07, 6.45) is 6.66. The van der Waals surface area contributed by atoms with Crippen LogP contribution in [0.5, 0.6) is 0 Å². The fourth-order valence-electron chi connectivity index (χ4n) is 4.28. The minimum absolute atomic E-state index is 0. The zero-order chi connectivity index (χ0) is 26.7. The van der Waals surface area contributed by atoms with E-state index < -0.39 is 17.2 Å². The molecule has 0 unspecified atom stereocenters. The summed E-state index contributed by atoms with van der Waals surface area (Å²) in [5.41, 5.74) is 0.186. The molecule has 3 aromatic carbocycles. The van der Waals surface area contributed by atoms with Gasteiger partial charge in [0.1, 0.15) is 24.7 Å². The van der Waals surface area contributed by atoms with Crippen LogP contribution in [-0.4, -0.2) is 24.7 Å². The molecule has 0 radical (unpaired) electrons. The lowest BCUT2D eigenvalue weighted by Crippen LogP contribution is -3.00. The highest BCUT2D eigenvalue weighted by atomic mass is 35.5. The summed E-state index contributed by atoms with van der Waals surface area (Å²) in [4.78, 5) is 0. The van der Waals surface area contributed by atoms with E-state index in [-0.39, 0.29) is 43.5 Å². The Morgan fingerprint density at radius 3 is 1.60 bits per heavy atom. The van der Waals surface area contributed by atoms with Crippen LogP contribution >= 0.6 is 23.2 Å². The highest BCUT2D eigenvalue weighted by Gasteiger charge is 2.39. The Morgan fingerprint density at radius 2 is 1.18 bits per heavy atom. The van der Waals surface area contributed by atoms with Gasteiger partial charge in [-0.3, -0.25) is 0 Å². The van der Waals surface area contributed by atoms with Gasteiger partial charge in [0.15, 0.2) is 5.60 Å². The summed E-state index contributed by atoms with van der Waals surface area (Å²) in [5.74, 6) is -1.58. The molecule has 0 aliphatic carbocycles. The van der Waals surface area contributed by atoms with Crippen LogP contribution in [0.2, 0.25) is 10.0 Å². The lowest BCUT2D eigenvalue weighted by atomic mass is 9.93. The second-order valence-electron chi connectivity index (χ2n) is 9.14. The number of nitrogens with zero attached hydrogens (tertiary/aromatic N) is 6. The fourth-order valence-corrected chi connectivity index (χ4v) is 4.53. The summed E-state index contributed by atoms with van der Waals surface area (Å²) in [5, 5.41) is 21.8. The molecular weight excluding hydrogens is 604 g/mol. The van der Waals surface area contributed by atoms with Gasteiger partial charge in [0.05, 0.1) is 13.1 Å². The number of benzene rings is 3. The monoisotopic (exact) mass is 626 g/mol. The molecule has 1 N–H and O–H groups in total. The minimum atomic E-state index is -1.79. The SMILES string of the molecule is OC(Cn1c[n+](Cc2ccc(Cl)cc2)cn1)(Cn1c[n+](Cc2ccc(Cl)cc2)cn1)c1ccc(F)cc1F.[Cl-].[Cl-].